The highest BCUT2D eigenvalue weighted by Gasteiger charge is 2.62. The van der Waals surface area contributed by atoms with Crippen molar-refractivity contribution in [2.24, 2.45) is 11.3 Å². The zero-order valence-corrected chi connectivity index (χ0v) is 11.8. The topological polar surface area (TPSA) is 18.5 Å². The standard InChI is InChI=1S/C17H22O2/c1-4-14(13-8-6-5-7-9-13)15-10-17(15)18-11-16(2,3)12-19-17/h4-9,14-15H,1,10-12H2,2-3H3/t14-,15+/m0/s1. The molecule has 2 atom stereocenters. The minimum atomic E-state index is -0.343. The lowest BCUT2D eigenvalue weighted by Gasteiger charge is -2.36. The van der Waals surface area contributed by atoms with E-state index in [1.807, 2.05) is 12.1 Å². The Kier molecular flexibility index (Phi) is 3.03. The van der Waals surface area contributed by atoms with Crippen LogP contribution in [0.1, 0.15) is 31.7 Å². The number of benzene rings is 1. The second kappa shape index (κ2) is 4.46. The van der Waals surface area contributed by atoms with E-state index in [1.54, 1.807) is 0 Å². The van der Waals surface area contributed by atoms with Crippen molar-refractivity contribution in [3.05, 3.63) is 48.6 Å². The molecule has 1 aliphatic heterocycles. The average molecular weight is 258 g/mol. The number of ether oxygens (including phenoxy) is 2. The van der Waals surface area contributed by atoms with Gasteiger partial charge in [0.1, 0.15) is 0 Å². The Morgan fingerprint density at radius 3 is 2.42 bits per heavy atom. The van der Waals surface area contributed by atoms with Gasteiger partial charge in [0.2, 0.25) is 0 Å². The van der Waals surface area contributed by atoms with Crippen molar-refractivity contribution in [2.45, 2.75) is 32.0 Å². The van der Waals surface area contributed by atoms with Crippen molar-refractivity contribution in [1.82, 2.24) is 0 Å². The minimum absolute atomic E-state index is 0.134. The van der Waals surface area contributed by atoms with Gasteiger partial charge in [-0.15, -0.1) is 6.58 Å². The van der Waals surface area contributed by atoms with Gasteiger partial charge >= 0.3 is 0 Å². The van der Waals surface area contributed by atoms with E-state index in [9.17, 15) is 0 Å². The van der Waals surface area contributed by atoms with Gasteiger partial charge in [0.05, 0.1) is 13.2 Å². The molecule has 1 aromatic carbocycles. The van der Waals surface area contributed by atoms with Crippen molar-refractivity contribution >= 4 is 0 Å². The Morgan fingerprint density at radius 2 is 1.84 bits per heavy atom. The smallest absolute Gasteiger partial charge is 0.172 e. The first-order valence-corrected chi connectivity index (χ1v) is 7.02. The lowest BCUT2D eigenvalue weighted by atomic mass is 9.92. The second-order valence-electron chi connectivity index (χ2n) is 6.54. The third-order valence-electron chi connectivity index (χ3n) is 4.20. The van der Waals surface area contributed by atoms with E-state index in [0.717, 1.165) is 19.6 Å². The van der Waals surface area contributed by atoms with E-state index in [-0.39, 0.29) is 11.2 Å². The molecule has 19 heavy (non-hydrogen) atoms. The van der Waals surface area contributed by atoms with Gasteiger partial charge in [-0.25, -0.2) is 0 Å². The summed E-state index contributed by atoms with van der Waals surface area (Å²) in [5.74, 6) is 0.385. The summed E-state index contributed by atoms with van der Waals surface area (Å²) in [5.41, 5.74) is 1.44. The first kappa shape index (κ1) is 12.9. The van der Waals surface area contributed by atoms with Gasteiger partial charge in [0, 0.05) is 23.7 Å². The molecule has 0 amide bonds. The fourth-order valence-electron chi connectivity index (χ4n) is 2.91. The summed E-state index contributed by atoms with van der Waals surface area (Å²) in [6.07, 6.45) is 3.01. The molecule has 2 heteroatoms. The fraction of sp³-hybridized carbons (Fsp3) is 0.529. The number of hydrogen-bond donors (Lipinski definition) is 0. The summed E-state index contributed by atoms with van der Waals surface area (Å²) in [4.78, 5) is 0. The summed E-state index contributed by atoms with van der Waals surface area (Å²) < 4.78 is 12.1. The van der Waals surface area contributed by atoms with Crippen LogP contribution in [0, 0.1) is 11.3 Å². The molecule has 1 aliphatic carbocycles. The molecular formula is C17H22O2. The first-order chi connectivity index (χ1) is 9.06. The highest BCUT2D eigenvalue weighted by molar-refractivity contribution is 5.28. The van der Waals surface area contributed by atoms with Crippen LogP contribution in [0.3, 0.4) is 0 Å². The van der Waals surface area contributed by atoms with E-state index in [4.69, 9.17) is 9.47 Å². The average Bonchev–Trinajstić information content (AvgIpc) is 3.11. The van der Waals surface area contributed by atoms with E-state index in [2.05, 4.69) is 44.7 Å². The van der Waals surface area contributed by atoms with Gasteiger partial charge in [-0.05, 0) is 5.56 Å². The maximum Gasteiger partial charge on any atom is 0.172 e. The maximum atomic E-state index is 6.04. The van der Waals surface area contributed by atoms with Gasteiger partial charge in [-0.2, -0.15) is 0 Å². The van der Waals surface area contributed by atoms with Crippen LogP contribution in [0.5, 0.6) is 0 Å². The third-order valence-corrected chi connectivity index (χ3v) is 4.20. The Labute approximate surface area is 115 Å². The predicted octanol–water partition coefficient (Wildman–Crippen LogP) is 3.75. The Bertz CT molecular complexity index is 453. The van der Waals surface area contributed by atoms with Gasteiger partial charge in [0.25, 0.3) is 0 Å². The third kappa shape index (κ3) is 2.35. The number of rotatable bonds is 3. The molecule has 0 N–H and O–H groups in total. The van der Waals surface area contributed by atoms with Gasteiger partial charge in [-0.3, -0.25) is 0 Å². The monoisotopic (exact) mass is 258 g/mol. The zero-order valence-electron chi connectivity index (χ0n) is 11.8. The van der Waals surface area contributed by atoms with E-state index in [0.29, 0.717) is 11.8 Å². The molecule has 0 unspecified atom stereocenters. The van der Waals surface area contributed by atoms with Crippen molar-refractivity contribution in [3.8, 4) is 0 Å². The van der Waals surface area contributed by atoms with Crippen molar-refractivity contribution in [2.75, 3.05) is 13.2 Å². The molecule has 1 spiro atoms. The quantitative estimate of drug-likeness (QED) is 0.769. The molecule has 1 aromatic rings. The van der Waals surface area contributed by atoms with Gasteiger partial charge in [-0.1, -0.05) is 50.3 Å². The minimum Gasteiger partial charge on any atom is -0.349 e. The molecule has 102 valence electrons. The summed E-state index contributed by atoms with van der Waals surface area (Å²) in [6.45, 7) is 9.91. The Hall–Kier alpha value is -1.12. The Balaban J connectivity index is 1.73. The molecule has 1 saturated carbocycles. The van der Waals surface area contributed by atoms with Crippen LogP contribution in [-0.4, -0.2) is 19.0 Å². The van der Waals surface area contributed by atoms with Crippen molar-refractivity contribution in [3.63, 3.8) is 0 Å². The van der Waals surface area contributed by atoms with Crippen LogP contribution >= 0.6 is 0 Å². The van der Waals surface area contributed by atoms with Crippen LogP contribution in [-0.2, 0) is 9.47 Å². The first-order valence-electron chi connectivity index (χ1n) is 7.02. The molecular weight excluding hydrogens is 236 g/mol. The van der Waals surface area contributed by atoms with E-state index < -0.39 is 0 Å². The van der Waals surface area contributed by atoms with Crippen LogP contribution < -0.4 is 0 Å². The molecule has 2 fully saturated rings. The molecule has 0 radical (unpaired) electrons. The van der Waals surface area contributed by atoms with Crippen LogP contribution in [0.15, 0.2) is 43.0 Å². The maximum absolute atomic E-state index is 6.04. The SMILES string of the molecule is C=C[C@@H](c1ccccc1)[C@H]1CC12OCC(C)(C)CO2. The lowest BCUT2D eigenvalue weighted by Crippen LogP contribution is -2.40. The highest BCUT2D eigenvalue weighted by atomic mass is 16.7. The van der Waals surface area contributed by atoms with E-state index in [1.165, 1.54) is 5.56 Å². The molecule has 3 rings (SSSR count). The molecule has 2 nitrogen and oxygen atoms in total. The van der Waals surface area contributed by atoms with Crippen LogP contribution in [0.4, 0.5) is 0 Å². The van der Waals surface area contributed by atoms with Crippen molar-refractivity contribution in [1.29, 1.82) is 0 Å². The summed E-state index contributed by atoms with van der Waals surface area (Å²) in [6, 6.07) is 10.5. The molecule has 2 aliphatic rings. The molecule has 1 heterocycles. The molecule has 1 saturated heterocycles. The second-order valence-corrected chi connectivity index (χ2v) is 6.54. The zero-order chi connectivity index (χ0) is 13.5. The lowest BCUT2D eigenvalue weighted by molar-refractivity contribution is -0.250. The largest absolute Gasteiger partial charge is 0.349 e. The Morgan fingerprint density at radius 1 is 1.21 bits per heavy atom. The molecule has 0 aromatic heterocycles. The molecule has 0 bridgehead atoms. The van der Waals surface area contributed by atoms with Crippen molar-refractivity contribution < 1.29 is 9.47 Å². The van der Waals surface area contributed by atoms with Gasteiger partial charge in [0.15, 0.2) is 5.79 Å². The number of allylic oxidation sites excluding steroid dienone is 1. The summed E-state index contributed by atoms with van der Waals surface area (Å²) in [5, 5.41) is 0. The van der Waals surface area contributed by atoms with Crippen LogP contribution in [0.25, 0.3) is 0 Å². The normalized spacial score (nSPS) is 28.8. The van der Waals surface area contributed by atoms with Crippen LogP contribution in [0.2, 0.25) is 0 Å². The predicted molar refractivity (Wildman–Crippen MR) is 75.9 cm³/mol. The number of hydrogen-bond acceptors (Lipinski definition) is 2. The fourth-order valence-corrected chi connectivity index (χ4v) is 2.91. The summed E-state index contributed by atoms with van der Waals surface area (Å²) in [7, 11) is 0. The van der Waals surface area contributed by atoms with Gasteiger partial charge < -0.3 is 9.47 Å². The highest BCUT2D eigenvalue weighted by Crippen LogP contribution is 2.58. The van der Waals surface area contributed by atoms with E-state index >= 15 is 0 Å². The summed E-state index contributed by atoms with van der Waals surface area (Å²) >= 11 is 0.